The van der Waals surface area contributed by atoms with Gasteiger partial charge in [0.1, 0.15) is 0 Å². The number of rotatable bonds is 4. The number of thiophene rings is 1. The summed E-state index contributed by atoms with van der Waals surface area (Å²) in [6, 6.07) is 7.84. The van der Waals surface area contributed by atoms with Crippen LogP contribution in [0.15, 0.2) is 36.0 Å². The second-order valence-electron chi connectivity index (χ2n) is 6.71. The van der Waals surface area contributed by atoms with Gasteiger partial charge in [-0.1, -0.05) is 6.07 Å². The molecule has 2 aliphatic rings. The third-order valence-corrected chi connectivity index (χ3v) is 6.23. The predicted octanol–water partition coefficient (Wildman–Crippen LogP) is 2.54. The Hall–Kier alpha value is -1.17. The highest BCUT2D eigenvalue weighted by Crippen LogP contribution is 2.35. The molecule has 4 rings (SSSR count). The lowest BCUT2D eigenvalue weighted by Crippen LogP contribution is -2.45. The third-order valence-electron chi connectivity index (χ3n) is 5.37. The maximum Gasteiger partial charge on any atom is 0.0565 e. The minimum atomic E-state index is 0.636. The largest absolute Gasteiger partial charge is 0.298 e. The molecule has 0 spiro atoms. The molecule has 0 aliphatic carbocycles. The van der Waals surface area contributed by atoms with Crippen molar-refractivity contribution in [1.29, 1.82) is 0 Å². The Morgan fingerprint density at radius 3 is 3.09 bits per heavy atom. The van der Waals surface area contributed by atoms with E-state index < -0.39 is 0 Å². The van der Waals surface area contributed by atoms with E-state index in [9.17, 15) is 0 Å². The van der Waals surface area contributed by atoms with Crippen LogP contribution in [0.4, 0.5) is 0 Å². The van der Waals surface area contributed by atoms with Crippen LogP contribution in [-0.2, 0) is 13.1 Å². The smallest absolute Gasteiger partial charge is 0.0565 e. The molecule has 3 atom stereocenters. The maximum absolute atomic E-state index is 4.38. The number of nitrogens with zero attached hydrogens (tertiary/aromatic N) is 4. The normalized spacial score (nSPS) is 29.8. The van der Waals surface area contributed by atoms with E-state index in [4.69, 9.17) is 0 Å². The van der Waals surface area contributed by atoms with Gasteiger partial charge in [-0.25, -0.2) is 0 Å². The molecular formula is C17H24N4S. The first-order chi connectivity index (χ1) is 10.8. The summed E-state index contributed by atoms with van der Waals surface area (Å²) in [4.78, 5) is 6.77. The zero-order valence-electron chi connectivity index (χ0n) is 13.1. The molecule has 0 saturated carbocycles. The summed E-state index contributed by atoms with van der Waals surface area (Å²) < 4.78 is 2.09. The molecule has 0 N–H and O–H groups in total. The third kappa shape index (κ3) is 2.85. The molecule has 118 valence electrons. The Morgan fingerprint density at radius 2 is 2.32 bits per heavy atom. The van der Waals surface area contributed by atoms with E-state index in [1.165, 1.54) is 30.8 Å². The van der Waals surface area contributed by atoms with Crippen molar-refractivity contribution in [1.82, 2.24) is 19.6 Å². The summed E-state index contributed by atoms with van der Waals surface area (Å²) in [5, 5.41) is 6.56. The van der Waals surface area contributed by atoms with E-state index in [2.05, 4.69) is 50.3 Å². The van der Waals surface area contributed by atoms with Crippen LogP contribution in [0.3, 0.4) is 0 Å². The average Bonchev–Trinajstić information content (AvgIpc) is 3.24. The zero-order valence-corrected chi connectivity index (χ0v) is 14.0. The van der Waals surface area contributed by atoms with E-state index in [0.29, 0.717) is 6.04 Å². The number of likely N-dealkylation sites (tertiary alicyclic amines) is 2. The number of likely N-dealkylation sites (N-methyl/N-ethyl adjacent to an activating group) is 1. The van der Waals surface area contributed by atoms with Gasteiger partial charge in [-0.15, -0.1) is 11.3 Å². The summed E-state index contributed by atoms with van der Waals surface area (Å²) in [5.41, 5.74) is 0. The predicted molar refractivity (Wildman–Crippen MR) is 89.9 cm³/mol. The van der Waals surface area contributed by atoms with Crippen LogP contribution < -0.4 is 0 Å². The molecular weight excluding hydrogens is 292 g/mol. The fourth-order valence-corrected chi connectivity index (χ4v) is 4.99. The van der Waals surface area contributed by atoms with Crippen molar-refractivity contribution in [3.63, 3.8) is 0 Å². The van der Waals surface area contributed by atoms with Crippen LogP contribution in [0.1, 0.15) is 17.7 Å². The molecule has 2 aromatic rings. The first-order valence-corrected chi connectivity index (χ1v) is 9.11. The lowest BCUT2D eigenvalue weighted by Gasteiger charge is -2.37. The number of piperidine rings is 1. The molecule has 2 aromatic heterocycles. The van der Waals surface area contributed by atoms with Crippen LogP contribution >= 0.6 is 11.3 Å². The standard InChI is InChI=1S/C17H24N4S/c1-19-15(12-21-7-3-6-18-21)10-14-11-20(8-5-17(14)19)13-16-4-2-9-22-16/h2-4,6-7,9,14-15,17H,5,8,10-13H2,1H3/t14-,15+,17+/m0/s1. The van der Waals surface area contributed by atoms with E-state index >= 15 is 0 Å². The summed E-state index contributed by atoms with van der Waals surface area (Å²) in [6.45, 7) is 4.65. The molecule has 0 bridgehead atoms. The molecule has 2 fully saturated rings. The van der Waals surface area contributed by atoms with Gasteiger partial charge in [0.25, 0.3) is 0 Å². The van der Waals surface area contributed by atoms with Crippen LogP contribution in [-0.4, -0.2) is 51.8 Å². The van der Waals surface area contributed by atoms with Gasteiger partial charge >= 0.3 is 0 Å². The van der Waals surface area contributed by atoms with Crippen molar-refractivity contribution in [2.75, 3.05) is 20.1 Å². The molecule has 4 nitrogen and oxygen atoms in total. The fraction of sp³-hybridized carbons (Fsp3) is 0.588. The second-order valence-corrected chi connectivity index (χ2v) is 7.75. The van der Waals surface area contributed by atoms with Gasteiger partial charge in [-0.05, 0) is 43.3 Å². The summed E-state index contributed by atoms with van der Waals surface area (Å²) in [7, 11) is 2.31. The van der Waals surface area contributed by atoms with Gasteiger partial charge in [-0.3, -0.25) is 14.5 Å². The highest BCUT2D eigenvalue weighted by molar-refractivity contribution is 7.09. The molecule has 5 heteroatoms. The molecule has 0 amide bonds. The SMILES string of the molecule is CN1[C@@H](Cn2cccn2)C[C@H]2CN(Cc3cccs3)CC[C@H]21. The minimum Gasteiger partial charge on any atom is -0.298 e. The van der Waals surface area contributed by atoms with Crippen LogP contribution in [0, 0.1) is 5.92 Å². The first kappa shape index (κ1) is 14.4. The molecule has 22 heavy (non-hydrogen) atoms. The lowest BCUT2D eigenvalue weighted by molar-refractivity contribution is 0.110. The highest BCUT2D eigenvalue weighted by Gasteiger charge is 2.41. The number of aromatic nitrogens is 2. The van der Waals surface area contributed by atoms with Crippen molar-refractivity contribution in [2.24, 2.45) is 5.92 Å². The molecule has 0 aromatic carbocycles. The Bertz CT molecular complexity index is 578. The number of hydrogen-bond donors (Lipinski definition) is 0. The minimum absolute atomic E-state index is 0.636. The van der Waals surface area contributed by atoms with Crippen LogP contribution in [0.5, 0.6) is 0 Å². The Kier molecular flexibility index (Phi) is 4.03. The Morgan fingerprint density at radius 1 is 1.36 bits per heavy atom. The number of fused-ring (bicyclic) bond motifs is 1. The summed E-state index contributed by atoms with van der Waals surface area (Å²) >= 11 is 1.88. The van der Waals surface area contributed by atoms with Crippen LogP contribution in [0.25, 0.3) is 0 Å². The second kappa shape index (κ2) is 6.14. The van der Waals surface area contributed by atoms with Gasteiger partial charge in [0.2, 0.25) is 0 Å². The first-order valence-electron chi connectivity index (χ1n) is 8.23. The van der Waals surface area contributed by atoms with Gasteiger partial charge in [-0.2, -0.15) is 5.10 Å². The van der Waals surface area contributed by atoms with Gasteiger partial charge in [0.15, 0.2) is 0 Å². The molecule has 0 unspecified atom stereocenters. The molecule has 2 saturated heterocycles. The quantitative estimate of drug-likeness (QED) is 0.866. The fourth-order valence-electron chi connectivity index (χ4n) is 4.24. The zero-order chi connectivity index (χ0) is 14.9. The summed E-state index contributed by atoms with van der Waals surface area (Å²) in [5.74, 6) is 0.819. The Balaban J connectivity index is 1.38. The van der Waals surface area contributed by atoms with Gasteiger partial charge in [0, 0.05) is 49.0 Å². The Labute approximate surface area is 136 Å². The van der Waals surface area contributed by atoms with E-state index in [1.807, 2.05) is 23.6 Å². The van der Waals surface area contributed by atoms with E-state index in [1.54, 1.807) is 0 Å². The average molecular weight is 316 g/mol. The van der Waals surface area contributed by atoms with Crippen molar-refractivity contribution in [3.05, 3.63) is 40.8 Å². The van der Waals surface area contributed by atoms with Gasteiger partial charge < -0.3 is 0 Å². The van der Waals surface area contributed by atoms with Crippen molar-refractivity contribution in [3.8, 4) is 0 Å². The van der Waals surface area contributed by atoms with E-state index in [0.717, 1.165) is 25.0 Å². The van der Waals surface area contributed by atoms with Crippen molar-refractivity contribution in [2.45, 2.75) is 38.0 Å². The van der Waals surface area contributed by atoms with Crippen molar-refractivity contribution < 1.29 is 0 Å². The maximum atomic E-state index is 4.38. The van der Waals surface area contributed by atoms with E-state index in [-0.39, 0.29) is 0 Å². The highest BCUT2D eigenvalue weighted by atomic mass is 32.1. The monoisotopic (exact) mass is 316 g/mol. The molecule has 2 aliphatic heterocycles. The van der Waals surface area contributed by atoms with Gasteiger partial charge in [0.05, 0.1) is 6.54 Å². The van der Waals surface area contributed by atoms with Crippen LogP contribution in [0.2, 0.25) is 0 Å². The number of hydrogen-bond acceptors (Lipinski definition) is 4. The lowest BCUT2D eigenvalue weighted by atomic mass is 9.92. The van der Waals surface area contributed by atoms with Crippen molar-refractivity contribution >= 4 is 11.3 Å². The summed E-state index contributed by atoms with van der Waals surface area (Å²) in [6.07, 6.45) is 6.58. The topological polar surface area (TPSA) is 24.3 Å². The molecule has 4 heterocycles. The molecule has 0 radical (unpaired) electrons.